The molecule has 0 radical (unpaired) electrons. The van der Waals surface area contributed by atoms with Crippen LogP contribution in [0.15, 0.2) is 18.3 Å². The molecule has 0 N–H and O–H groups in total. The number of rotatable bonds is 5. The van der Waals surface area contributed by atoms with Crippen molar-refractivity contribution in [1.82, 2.24) is 4.98 Å². The number of hydrogen-bond donors (Lipinski definition) is 0. The van der Waals surface area contributed by atoms with Gasteiger partial charge in [-0.25, -0.2) is 4.98 Å². The molecular weight excluding hydrogens is 220 g/mol. The van der Waals surface area contributed by atoms with Gasteiger partial charge in [-0.15, -0.1) is 0 Å². The number of nitrogens with zero attached hydrogens (tertiary/aromatic N) is 2. The Morgan fingerprint density at radius 2 is 2.19 bits per heavy atom. The van der Waals surface area contributed by atoms with Crippen LogP contribution in [0.4, 0.5) is 5.82 Å². The van der Waals surface area contributed by atoms with Crippen molar-refractivity contribution < 1.29 is 0 Å². The third-order valence-corrected chi connectivity index (χ3v) is 3.16. The lowest BCUT2D eigenvalue weighted by molar-refractivity contribution is 0.568. The SMILES string of the molecule is CC(C)CCN(c1ccc(Cl)cn1)C1CC1. The maximum atomic E-state index is 5.86. The minimum Gasteiger partial charge on any atom is -0.354 e. The van der Waals surface area contributed by atoms with Crippen LogP contribution in [0.5, 0.6) is 0 Å². The van der Waals surface area contributed by atoms with E-state index in [1.165, 1.54) is 19.3 Å². The van der Waals surface area contributed by atoms with Crippen LogP contribution in [-0.2, 0) is 0 Å². The number of hydrogen-bond acceptors (Lipinski definition) is 2. The predicted octanol–water partition coefficient (Wildman–Crippen LogP) is 3.75. The van der Waals surface area contributed by atoms with Gasteiger partial charge in [0.1, 0.15) is 5.82 Å². The van der Waals surface area contributed by atoms with E-state index in [9.17, 15) is 0 Å². The summed E-state index contributed by atoms with van der Waals surface area (Å²) in [5.74, 6) is 1.82. The van der Waals surface area contributed by atoms with Gasteiger partial charge in [0.15, 0.2) is 0 Å². The number of halogens is 1. The van der Waals surface area contributed by atoms with E-state index in [0.717, 1.165) is 18.3 Å². The summed E-state index contributed by atoms with van der Waals surface area (Å²) < 4.78 is 0. The first kappa shape index (κ1) is 11.7. The van der Waals surface area contributed by atoms with Crippen molar-refractivity contribution in [2.24, 2.45) is 5.92 Å². The van der Waals surface area contributed by atoms with E-state index >= 15 is 0 Å². The monoisotopic (exact) mass is 238 g/mol. The third-order valence-electron chi connectivity index (χ3n) is 2.94. The smallest absolute Gasteiger partial charge is 0.128 e. The molecule has 3 heteroatoms. The zero-order valence-corrected chi connectivity index (χ0v) is 10.7. The number of aromatic nitrogens is 1. The van der Waals surface area contributed by atoms with E-state index in [4.69, 9.17) is 11.6 Å². The molecule has 2 nitrogen and oxygen atoms in total. The van der Waals surface area contributed by atoms with E-state index in [2.05, 4.69) is 23.7 Å². The van der Waals surface area contributed by atoms with Gasteiger partial charge in [0.2, 0.25) is 0 Å². The van der Waals surface area contributed by atoms with Crippen molar-refractivity contribution in [3.63, 3.8) is 0 Å². The van der Waals surface area contributed by atoms with E-state index in [-0.39, 0.29) is 0 Å². The van der Waals surface area contributed by atoms with Crippen LogP contribution in [0.1, 0.15) is 33.1 Å². The number of anilines is 1. The normalized spacial score (nSPS) is 15.5. The summed E-state index contributed by atoms with van der Waals surface area (Å²) in [6, 6.07) is 4.67. The first-order chi connectivity index (χ1) is 7.66. The molecule has 0 bridgehead atoms. The summed E-state index contributed by atoms with van der Waals surface area (Å²) in [6.45, 7) is 5.64. The molecule has 16 heavy (non-hydrogen) atoms. The molecule has 1 aliphatic carbocycles. The Kier molecular flexibility index (Phi) is 3.70. The van der Waals surface area contributed by atoms with E-state index < -0.39 is 0 Å². The van der Waals surface area contributed by atoms with Gasteiger partial charge in [-0.3, -0.25) is 0 Å². The zero-order chi connectivity index (χ0) is 11.5. The quantitative estimate of drug-likeness (QED) is 0.777. The molecule has 1 aliphatic rings. The second kappa shape index (κ2) is 5.05. The van der Waals surface area contributed by atoms with Crippen molar-refractivity contribution in [2.45, 2.75) is 39.2 Å². The summed E-state index contributed by atoms with van der Waals surface area (Å²) in [4.78, 5) is 6.84. The maximum Gasteiger partial charge on any atom is 0.128 e. The summed E-state index contributed by atoms with van der Waals surface area (Å²) >= 11 is 5.86. The first-order valence-electron chi connectivity index (χ1n) is 6.05. The fraction of sp³-hybridized carbons (Fsp3) is 0.615. The zero-order valence-electron chi connectivity index (χ0n) is 9.99. The van der Waals surface area contributed by atoms with Crippen molar-refractivity contribution in [3.8, 4) is 0 Å². The summed E-state index contributed by atoms with van der Waals surface area (Å²) in [6.07, 6.45) is 5.58. The van der Waals surface area contributed by atoms with Gasteiger partial charge in [0, 0.05) is 18.8 Å². The van der Waals surface area contributed by atoms with Crippen molar-refractivity contribution >= 4 is 17.4 Å². The minimum absolute atomic E-state index is 0.711. The summed E-state index contributed by atoms with van der Waals surface area (Å²) in [7, 11) is 0. The van der Waals surface area contributed by atoms with Gasteiger partial charge in [0.05, 0.1) is 5.02 Å². The summed E-state index contributed by atoms with van der Waals surface area (Å²) in [5, 5.41) is 0.711. The lowest BCUT2D eigenvalue weighted by Crippen LogP contribution is -2.28. The van der Waals surface area contributed by atoms with Crippen LogP contribution in [0.2, 0.25) is 5.02 Å². The second-order valence-electron chi connectivity index (χ2n) is 4.94. The topological polar surface area (TPSA) is 16.1 Å². The van der Waals surface area contributed by atoms with Gasteiger partial charge in [-0.05, 0) is 37.3 Å². The largest absolute Gasteiger partial charge is 0.354 e. The van der Waals surface area contributed by atoms with Crippen LogP contribution in [0, 0.1) is 5.92 Å². The van der Waals surface area contributed by atoms with Gasteiger partial charge in [0.25, 0.3) is 0 Å². The standard InChI is InChI=1S/C13H19ClN2/c1-10(2)7-8-16(12-4-5-12)13-6-3-11(14)9-15-13/h3,6,9-10,12H,4-5,7-8H2,1-2H3. The fourth-order valence-electron chi connectivity index (χ4n) is 1.81. The molecule has 0 atom stereocenters. The van der Waals surface area contributed by atoms with Crippen LogP contribution in [-0.4, -0.2) is 17.6 Å². The molecule has 88 valence electrons. The fourth-order valence-corrected chi connectivity index (χ4v) is 1.92. The van der Waals surface area contributed by atoms with Crippen LogP contribution in [0.3, 0.4) is 0 Å². The van der Waals surface area contributed by atoms with Crippen molar-refractivity contribution in [1.29, 1.82) is 0 Å². The molecule has 1 fully saturated rings. The third kappa shape index (κ3) is 3.11. The Labute approximate surface area is 103 Å². The highest BCUT2D eigenvalue weighted by Crippen LogP contribution is 2.31. The van der Waals surface area contributed by atoms with Gasteiger partial charge < -0.3 is 4.90 Å². The van der Waals surface area contributed by atoms with Crippen molar-refractivity contribution in [3.05, 3.63) is 23.4 Å². The molecule has 0 amide bonds. The van der Waals surface area contributed by atoms with E-state index in [1.807, 2.05) is 12.1 Å². The predicted molar refractivity (Wildman–Crippen MR) is 69.1 cm³/mol. The van der Waals surface area contributed by atoms with Crippen LogP contribution in [0.25, 0.3) is 0 Å². The second-order valence-corrected chi connectivity index (χ2v) is 5.38. The molecule has 0 aliphatic heterocycles. The molecule has 1 saturated carbocycles. The molecule has 1 aromatic heterocycles. The Hall–Kier alpha value is -0.760. The van der Waals surface area contributed by atoms with Gasteiger partial charge in [-0.2, -0.15) is 0 Å². The van der Waals surface area contributed by atoms with Crippen LogP contribution >= 0.6 is 11.6 Å². The average Bonchev–Trinajstić information content (AvgIpc) is 3.04. The molecule has 0 aromatic carbocycles. The molecule has 2 rings (SSSR count). The maximum absolute atomic E-state index is 5.86. The Morgan fingerprint density at radius 3 is 2.69 bits per heavy atom. The molecular formula is C13H19ClN2. The highest BCUT2D eigenvalue weighted by molar-refractivity contribution is 6.30. The average molecular weight is 239 g/mol. The molecule has 0 spiro atoms. The lowest BCUT2D eigenvalue weighted by atomic mass is 10.1. The first-order valence-corrected chi connectivity index (χ1v) is 6.43. The molecule has 1 heterocycles. The molecule has 0 saturated heterocycles. The van der Waals surface area contributed by atoms with Crippen LogP contribution < -0.4 is 4.90 Å². The highest BCUT2D eigenvalue weighted by atomic mass is 35.5. The molecule has 0 unspecified atom stereocenters. The lowest BCUT2D eigenvalue weighted by Gasteiger charge is -2.24. The number of pyridine rings is 1. The Balaban J connectivity index is 2.03. The molecule has 1 aromatic rings. The summed E-state index contributed by atoms with van der Waals surface area (Å²) in [5.41, 5.74) is 0. The van der Waals surface area contributed by atoms with Gasteiger partial charge in [-0.1, -0.05) is 25.4 Å². The highest BCUT2D eigenvalue weighted by Gasteiger charge is 2.29. The van der Waals surface area contributed by atoms with Gasteiger partial charge >= 0.3 is 0 Å². The van der Waals surface area contributed by atoms with E-state index in [0.29, 0.717) is 11.1 Å². The van der Waals surface area contributed by atoms with Crippen molar-refractivity contribution in [2.75, 3.05) is 11.4 Å². The van der Waals surface area contributed by atoms with E-state index in [1.54, 1.807) is 6.20 Å². The Bertz CT molecular complexity index is 330. The minimum atomic E-state index is 0.711. The Morgan fingerprint density at radius 1 is 1.44 bits per heavy atom.